The van der Waals surface area contributed by atoms with Crippen molar-refractivity contribution in [3.05, 3.63) is 73.0 Å². The number of hydrogen-bond donors (Lipinski definition) is 0. The fourth-order valence-corrected chi connectivity index (χ4v) is 20.3. The molecular formula is C62H90N6O4Y-2. The van der Waals surface area contributed by atoms with Crippen molar-refractivity contribution < 1.29 is 51.8 Å². The van der Waals surface area contributed by atoms with E-state index in [1.807, 2.05) is 40.0 Å². The second kappa shape index (κ2) is 21.3. The van der Waals surface area contributed by atoms with E-state index >= 15 is 0 Å². The van der Waals surface area contributed by atoms with E-state index in [0.29, 0.717) is 44.6 Å². The van der Waals surface area contributed by atoms with Crippen molar-refractivity contribution >= 4 is 11.9 Å². The number of esters is 2. The van der Waals surface area contributed by atoms with Crippen molar-refractivity contribution in [1.29, 1.82) is 0 Å². The Hall–Kier alpha value is -2.72. The fraction of sp³-hybridized carbons (Fsp3) is 0.774. The van der Waals surface area contributed by atoms with E-state index < -0.39 is 0 Å². The zero-order valence-electron chi connectivity index (χ0n) is 45.8. The molecule has 1 aromatic carbocycles. The van der Waals surface area contributed by atoms with E-state index in [1.54, 1.807) is 6.07 Å². The van der Waals surface area contributed by atoms with Crippen LogP contribution in [0.5, 0.6) is 0 Å². The predicted molar refractivity (Wildman–Crippen MR) is 281 cm³/mol. The minimum absolute atomic E-state index is 0. The molecule has 11 rings (SSSR count). The molecule has 3 aromatic rings. The molecule has 2 aromatic heterocycles. The summed E-state index contributed by atoms with van der Waals surface area (Å²) in [5.41, 5.74) is 3.95. The van der Waals surface area contributed by atoms with Crippen LogP contribution in [0.3, 0.4) is 0 Å². The molecule has 0 amide bonds. The Kier molecular flexibility index (Phi) is 15.6. The normalized spacial score (nSPS) is 40.3. The standard InChI is InChI=1S/C62H90N6O4.Y/c1-39(12-10-32-67-37-41(3)63-65-67)51-20-22-53-49-18-16-45-35-47(24-28-59(45,5)55(49)26-30-61(51,53)7)71-57(69)43-14-9-15-44(34-43)58(70)72-48-25-29-60(6)46(36-48)17-19-50-54-23-21-52(62(54,8)31-27-56(50)60)40(2)13-11-33-68-38-42(4)64-66-68;/h9,14-15,34,37-40,45-56H,3-4,10-13,16-33,35-36H2,1-2,5-8H3;/q-2;/t39-,40-,45?,46?,47?,48?,49?,50?,51?,52?,53?,54?,55?,56?,59?,60?,61?,62?;/m1./s1. The predicted octanol–water partition coefficient (Wildman–Crippen LogP) is 13.8. The number of benzene rings is 1. The first-order chi connectivity index (χ1) is 34.6. The summed E-state index contributed by atoms with van der Waals surface area (Å²) in [6.07, 6.45) is 30.7. The van der Waals surface area contributed by atoms with Crippen molar-refractivity contribution in [1.82, 2.24) is 30.0 Å². The molecule has 73 heavy (non-hydrogen) atoms. The fourth-order valence-electron chi connectivity index (χ4n) is 20.3. The largest absolute Gasteiger partial charge is 0.459 e. The first kappa shape index (κ1) is 53.7. The number of rotatable bonds is 14. The molecule has 8 fully saturated rings. The van der Waals surface area contributed by atoms with Gasteiger partial charge < -0.3 is 18.8 Å². The van der Waals surface area contributed by atoms with Crippen LogP contribution in [0.15, 0.2) is 36.7 Å². The smallest absolute Gasteiger partial charge is 0.338 e. The molecule has 0 bridgehead atoms. The molecule has 8 aliphatic carbocycles. The second-order valence-electron chi connectivity index (χ2n) is 27.1. The van der Waals surface area contributed by atoms with Crippen molar-refractivity contribution in [2.75, 3.05) is 0 Å². The van der Waals surface area contributed by atoms with Crippen molar-refractivity contribution in [3.63, 3.8) is 0 Å². The average Bonchev–Trinajstić information content (AvgIpc) is 4.16. The Labute approximate surface area is 464 Å². The van der Waals surface area contributed by atoms with Crippen molar-refractivity contribution in [2.45, 2.75) is 208 Å². The van der Waals surface area contributed by atoms with Gasteiger partial charge in [-0.1, -0.05) is 81.8 Å². The van der Waals surface area contributed by atoms with Gasteiger partial charge in [0.2, 0.25) is 0 Å². The molecule has 0 spiro atoms. The van der Waals surface area contributed by atoms with Gasteiger partial charge in [-0.2, -0.15) is 10.2 Å². The minimum Gasteiger partial charge on any atom is -0.459 e. The molecule has 397 valence electrons. The Morgan fingerprint density at radius 1 is 0.589 bits per heavy atom. The third kappa shape index (κ3) is 9.98. The van der Waals surface area contributed by atoms with Gasteiger partial charge in [0.05, 0.1) is 11.1 Å². The van der Waals surface area contributed by atoms with E-state index in [1.165, 1.54) is 89.9 Å². The Morgan fingerprint density at radius 3 is 1.41 bits per heavy atom. The van der Waals surface area contributed by atoms with E-state index in [-0.39, 0.29) is 56.9 Å². The molecule has 10 nitrogen and oxygen atoms in total. The molecule has 2 heterocycles. The molecule has 18 atom stereocenters. The van der Waals surface area contributed by atoms with Crippen LogP contribution in [0.25, 0.3) is 0 Å². The van der Waals surface area contributed by atoms with Gasteiger partial charge in [-0.05, 0) is 252 Å². The monoisotopic (exact) mass is 1070 g/mol. The summed E-state index contributed by atoms with van der Waals surface area (Å²) >= 11 is 0. The van der Waals surface area contributed by atoms with Crippen LogP contribution in [-0.4, -0.2) is 54.1 Å². The number of ether oxygens (including phenoxy) is 2. The van der Waals surface area contributed by atoms with Crippen LogP contribution in [0, 0.1) is 107 Å². The van der Waals surface area contributed by atoms with Crippen LogP contribution < -0.4 is 0 Å². The molecule has 1 radical (unpaired) electrons. The summed E-state index contributed by atoms with van der Waals surface area (Å²) in [6, 6.07) is 7.19. The van der Waals surface area contributed by atoms with E-state index in [2.05, 4.69) is 76.0 Å². The topological polar surface area (TPSA) is 114 Å². The molecule has 0 N–H and O–H groups in total. The number of nitrogens with zero attached hydrogens (tertiary/aromatic N) is 6. The quantitative estimate of drug-likeness (QED) is 0.116. The van der Waals surface area contributed by atoms with Crippen molar-refractivity contribution in [2.24, 2.45) is 92.7 Å². The summed E-state index contributed by atoms with van der Waals surface area (Å²) in [4.78, 5) is 27.8. The Bertz CT molecular complexity index is 2260. The molecule has 11 heteroatoms. The van der Waals surface area contributed by atoms with Gasteiger partial charge in [0.25, 0.3) is 0 Å². The maximum Gasteiger partial charge on any atom is 0.338 e. The zero-order chi connectivity index (χ0) is 50.2. The minimum atomic E-state index is -0.298. The number of hydrogen-bond acceptors (Lipinski definition) is 8. The maximum atomic E-state index is 13.9. The SMILES string of the molecule is [CH2-]c1cn(CCC[C@@H](C)C2CCC3C4CCC5CC(OC(=O)c6cccc(C(=O)OC7CCC8(C)C(CCC9C8CCC8(C)C9CCC8[C@H](C)CCCn8cc([CH2-])nn8)C7)c6)CCC5(C)C4CCC32C)nn1.[Y]. The average molecular weight is 1070 g/mol. The molecule has 0 saturated heterocycles. The summed E-state index contributed by atoms with van der Waals surface area (Å²) in [6.45, 7) is 25.3. The number of carbonyl (C=O) groups excluding carboxylic acids is 2. The first-order valence-corrected chi connectivity index (χ1v) is 29.5. The number of fused-ring (bicyclic) bond motifs is 10. The first-order valence-electron chi connectivity index (χ1n) is 29.5. The van der Waals surface area contributed by atoms with Crippen LogP contribution in [0.4, 0.5) is 0 Å². The van der Waals surface area contributed by atoms with E-state index in [9.17, 15) is 9.59 Å². The van der Waals surface area contributed by atoms with Crippen LogP contribution in [0.2, 0.25) is 0 Å². The van der Waals surface area contributed by atoms with Crippen LogP contribution in [0.1, 0.15) is 215 Å². The van der Waals surface area contributed by atoms with Crippen LogP contribution >= 0.6 is 0 Å². The summed E-state index contributed by atoms with van der Waals surface area (Å²) < 4.78 is 16.6. The molecule has 16 unspecified atom stereocenters. The van der Waals surface area contributed by atoms with Crippen LogP contribution in [-0.2, 0) is 55.3 Å². The number of aromatic nitrogens is 6. The van der Waals surface area contributed by atoms with Gasteiger partial charge in [-0.3, -0.25) is 0 Å². The molecule has 8 saturated carbocycles. The van der Waals surface area contributed by atoms with Gasteiger partial charge in [0.1, 0.15) is 12.2 Å². The Morgan fingerprint density at radius 2 is 1.00 bits per heavy atom. The zero-order valence-corrected chi connectivity index (χ0v) is 48.7. The Balaban J connectivity index is 0.00000611. The van der Waals surface area contributed by atoms with E-state index in [4.69, 9.17) is 9.47 Å². The van der Waals surface area contributed by atoms with Gasteiger partial charge in [-0.15, -0.1) is 0 Å². The molecular weight excluding hydrogens is 982 g/mol. The summed E-state index contributed by atoms with van der Waals surface area (Å²) in [5, 5.41) is 16.6. The third-order valence-electron chi connectivity index (χ3n) is 23.9. The second-order valence-corrected chi connectivity index (χ2v) is 27.1. The third-order valence-corrected chi connectivity index (χ3v) is 23.9. The molecule has 8 aliphatic rings. The van der Waals surface area contributed by atoms with Gasteiger partial charge in [-0.25, -0.2) is 23.4 Å². The number of aryl methyl sites for hydroxylation is 2. The van der Waals surface area contributed by atoms with E-state index in [0.717, 1.165) is 135 Å². The van der Waals surface area contributed by atoms with Gasteiger partial charge in [0.15, 0.2) is 0 Å². The number of carbonyl (C=O) groups is 2. The molecule has 0 aliphatic heterocycles. The summed E-state index contributed by atoms with van der Waals surface area (Å²) in [5.74, 6) is 8.49. The van der Waals surface area contributed by atoms with Gasteiger partial charge in [0, 0.05) is 45.8 Å². The van der Waals surface area contributed by atoms with Gasteiger partial charge >= 0.3 is 11.9 Å². The summed E-state index contributed by atoms with van der Waals surface area (Å²) in [7, 11) is 0. The maximum absolute atomic E-state index is 13.9. The van der Waals surface area contributed by atoms with Crippen molar-refractivity contribution in [3.8, 4) is 0 Å².